The lowest BCUT2D eigenvalue weighted by molar-refractivity contribution is 0.626. The fourth-order valence-corrected chi connectivity index (χ4v) is 3.14. The van der Waals surface area contributed by atoms with E-state index >= 15 is 0 Å². The van der Waals surface area contributed by atoms with Gasteiger partial charge in [-0.15, -0.1) is 0 Å². The lowest BCUT2D eigenvalue weighted by Gasteiger charge is -2.08. The van der Waals surface area contributed by atoms with Crippen LogP contribution < -0.4 is 0 Å². The second-order valence-electron chi connectivity index (χ2n) is 3.56. The monoisotopic (exact) mass is 196 g/mol. The molecule has 0 amide bonds. The van der Waals surface area contributed by atoms with E-state index in [1.807, 2.05) is 23.9 Å². The largest absolute Gasteiger partial charge is 0.207 e. The van der Waals surface area contributed by atoms with E-state index < -0.39 is 0 Å². The molecule has 2 rings (SSSR count). The molecule has 0 aromatic heterocycles. The summed E-state index contributed by atoms with van der Waals surface area (Å²) in [5, 5.41) is 1.35. The van der Waals surface area contributed by atoms with Crippen molar-refractivity contribution in [2.24, 2.45) is 0 Å². The van der Waals surface area contributed by atoms with Crippen molar-refractivity contribution < 1.29 is 4.39 Å². The van der Waals surface area contributed by atoms with E-state index in [-0.39, 0.29) is 5.82 Å². The third-order valence-corrected chi connectivity index (χ3v) is 4.01. The third-order valence-electron chi connectivity index (χ3n) is 2.47. The first kappa shape index (κ1) is 9.07. The Kier molecular flexibility index (Phi) is 2.58. The van der Waals surface area contributed by atoms with Gasteiger partial charge in [-0.2, -0.15) is 11.8 Å². The van der Waals surface area contributed by atoms with Gasteiger partial charge in [-0.1, -0.05) is 19.1 Å². The highest BCUT2D eigenvalue weighted by atomic mass is 32.2. The Morgan fingerprint density at radius 1 is 1.23 bits per heavy atom. The van der Waals surface area contributed by atoms with Gasteiger partial charge in [0.15, 0.2) is 0 Å². The zero-order valence-electron chi connectivity index (χ0n) is 7.66. The first-order valence-corrected chi connectivity index (χ1v) is 5.61. The Balaban J connectivity index is 2.13. The van der Waals surface area contributed by atoms with Crippen molar-refractivity contribution in [3.05, 3.63) is 35.6 Å². The normalized spacial score (nSPS) is 27.8. The van der Waals surface area contributed by atoms with Gasteiger partial charge in [0.2, 0.25) is 0 Å². The number of halogens is 1. The van der Waals surface area contributed by atoms with Crippen molar-refractivity contribution in [2.45, 2.75) is 30.3 Å². The highest BCUT2D eigenvalue weighted by molar-refractivity contribution is 8.00. The molecule has 0 unspecified atom stereocenters. The molecule has 0 N–H and O–H groups in total. The first-order valence-electron chi connectivity index (χ1n) is 4.66. The Morgan fingerprint density at radius 2 is 1.92 bits per heavy atom. The molecule has 1 heterocycles. The average molecular weight is 196 g/mol. The van der Waals surface area contributed by atoms with Crippen molar-refractivity contribution in [1.82, 2.24) is 0 Å². The van der Waals surface area contributed by atoms with Crippen LogP contribution in [-0.4, -0.2) is 5.25 Å². The highest BCUT2D eigenvalue weighted by Gasteiger charge is 2.22. The summed E-state index contributed by atoms with van der Waals surface area (Å²) in [6, 6.07) is 6.92. The number of hydrogen-bond donors (Lipinski definition) is 0. The van der Waals surface area contributed by atoms with Gasteiger partial charge in [0.05, 0.1) is 0 Å². The molecule has 0 spiro atoms. The molecule has 2 heteroatoms. The molecule has 1 aliphatic rings. The van der Waals surface area contributed by atoms with Gasteiger partial charge in [0.25, 0.3) is 0 Å². The van der Waals surface area contributed by atoms with Crippen LogP contribution in [0.5, 0.6) is 0 Å². The molecular formula is C11H13FS. The fourth-order valence-electron chi connectivity index (χ4n) is 1.73. The summed E-state index contributed by atoms with van der Waals surface area (Å²) in [6.07, 6.45) is 2.52. The molecular weight excluding hydrogens is 183 g/mol. The van der Waals surface area contributed by atoms with Crippen molar-refractivity contribution in [3.8, 4) is 0 Å². The van der Waals surface area contributed by atoms with Crippen LogP contribution in [0.15, 0.2) is 24.3 Å². The van der Waals surface area contributed by atoms with Crippen molar-refractivity contribution in [1.29, 1.82) is 0 Å². The fraction of sp³-hybridized carbons (Fsp3) is 0.455. The number of hydrogen-bond acceptors (Lipinski definition) is 1. The molecule has 0 aliphatic carbocycles. The maximum absolute atomic E-state index is 12.6. The summed E-state index contributed by atoms with van der Waals surface area (Å²) < 4.78 is 12.6. The Bertz CT molecular complexity index is 281. The minimum atomic E-state index is -0.139. The maximum atomic E-state index is 12.6. The smallest absolute Gasteiger partial charge is 0.123 e. The molecule has 0 radical (unpaired) electrons. The Hall–Kier alpha value is -0.500. The predicted molar refractivity (Wildman–Crippen MR) is 55.4 cm³/mol. The Labute approximate surface area is 82.5 Å². The second-order valence-corrected chi connectivity index (χ2v) is 5.21. The summed E-state index contributed by atoms with van der Waals surface area (Å²) in [7, 11) is 0. The van der Waals surface area contributed by atoms with Crippen LogP contribution in [-0.2, 0) is 0 Å². The molecule has 2 atom stereocenters. The first-order chi connectivity index (χ1) is 6.25. The summed E-state index contributed by atoms with van der Waals surface area (Å²) in [4.78, 5) is 0. The standard InChI is InChI=1S/C11H13FS/c1-8-2-7-11(13-8)9-3-5-10(12)6-4-9/h3-6,8,11H,2,7H2,1H3/t8-,11-/m1/s1. The van der Waals surface area contributed by atoms with Crippen LogP contribution in [0, 0.1) is 5.82 Å². The van der Waals surface area contributed by atoms with Gasteiger partial charge in [-0.3, -0.25) is 0 Å². The van der Waals surface area contributed by atoms with Crippen LogP contribution in [0.25, 0.3) is 0 Å². The number of thioether (sulfide) groups is 1. The number of benzene rings is 1. The molecule has 0 nitrogen and oxygen atoms in total. The third kappa shape index (κ3) is 2.05. The summed E-state index contributed by atoms with van der Waals surface area (Å²) in [5.41, 5.74) is 1.27. The molecule has 1 aromatic carbocycles. The SMILES string of the molecule is C[C@@H]1CC[C@H](c2ccc(F)cc2)S1. The van der Waals surface area contributed by atoms with Gasteiger partial charge in [-0.05, 0) is 30.5 Å². The number of rotatable bonds is 1. The lowest BCUT2D eigenvalue weighted by Crippen LogP contribution is -1.88. The zero-order valence-corrected chi connectivity index (χ0v) is 8.48. The molecule has 1 saturated heterocycles. The summed E-state index contributed by atoms with van der Waals surface area (Å²) >= 11 is 2.00. The Morgan fingerprint density at radius 3 is 2.46 bits per heavy atom. The minimum Gasteiger partial charge on any atom is -0.207 e. The molecule has 1 aliphatic heterocycles. The second kappa shape index (κ2) is 3.70. The maximum Gasteiger partial charge on any atom is 0.123 e. The van der Waals surface area contributed by atoms with E-state index in [0.29, 0.717) is 5.25 Å². The van der Waals surface area contributed by atoms with Gasteiger partial charge < -0.3 is 0 Å². The van der Waals surface area contributed by atoms with E-state index in [1.165, 1.54) is 18.4 Å². The van der Waals surface area contributed by atoms with Crippen molar-refractivity contribution >= 4 is 11.8 Å². The molecule has 0 bridgehead atoms. The molecule has 1 fully saturated rings. The quantitative estimate of drug-likeness (QED) is 0.658. The molecule has 70 valence electrons. The van der Waals surface area contributed by atoms with Gasteiger partial charge in [0, 0.05) is 10.5 Å². The molecule has 1 aromatic rings. The topological polar surface area (TPSA) is 0 Å². The highest BCUT2D eigenvalue weighted by Crippen LogP contribution is 2.44. The minimum absolute atomic E-state index is 0.139. The van der Waals surface area contributed by atoms with Gasteiger partial charge in [-0.25, -0.2) is 4.39 Å². The van der Waals surface area contributed by atoms with E-state index in [0.717, 1.165) is 5.25 Å². The molecule has 0 saturated carbocycles. The average Bonchev–Trinajstić information content (AvgIpc) is 2.53. The van der Waals surface area contributed by atoms with Crippen LogP contribution in [0.3, 0.4) is 0 Å². The van der Waals surface area contributed by atoms with E-state index in [9.17, 15) is 4.39 Å². The zero-order chi connectivity index (χ0) is 9.26. The van der Waals surface area contributed by atoms with Crippen molar-refractivity contribution in [2.75, 3.05) is 0 Å². The van der Waals surface area contributed by atoms with Crippen LogP contribution in [0.4, 0.5) is 4.39 Å². The van der Waals surface area contributed by atoms with Crippen molar-refractivity contribution in [3.63, 3.8) is 0 Å². The van der Waals surface area contributed by atoms with Crippen LogP contribution in [0.2, 0.25) is 0 Å². The van der Waals surface area contributed by atoms with E-state index in [1.54, 1.807) is 12.1 Å². The van der Waals surface area contributed by atoms with Crippen LogP contribution in [0.1, 0.15) is 30.6 Å². The van der Waals surface area contributed by atoms with E-state index in [4.69, 9.17) is 0 Å². The van der Waals surface area contributed by atoms with E-state index in [2.05, 4.69) is 6.92 Å². The molecule has 13 heavy (non-hydrogen) atoms. The summed E-state index contributed by atoms with van der Waals surface area (Å²) in [5.74, 6) is -0.139. The predicted octanol–water partition coefficient (Wildman–Crippen LogP) is 3.78. The summed E-state index contributed by atoms with van der Waals surface area (Å²) in [6.45, 7) is 2.26. The van der Waals surface area contributed by atoms with Gasteiger partial charge >= 0.3 is 0 Å². The lowest BCUT2D eigenvalue weighted by atomic mass is 10.1. The van der Waals surface area contributed by atoms with Gasteiger partial charge in [0.1, 0.15) is 5.82 Å². The van der Waals surface area contributed by atoms with Crippen LogP contribution >= 0.6 is 11.8 Å².